The molecule has 2 aromatic carbocycles. The Balaban J connectivity index is 1.76. The maximum atomic E-state index is 12.2. The molecule has 0 atom stereocenters. The van der Waals surface area contributed by atoms with E-state index in [-0.39, 0.29) is 17.5 Å². The zero-order valence-corrected chi connectivity index (χ0v) is 13.9. The third-order valence-electron chi connectivity index (χ3n) is 3.11. The second-order valence-corrected chi connectivity index (χ2v) is 5.63. The van der Waals surface area contributed by atoms with E-state index in [0.29, 0.717) is 21.4 Å². The maximum absolute atomic E-state index is 12.2. The van der Waals surface area contributed by atoms with Gasteiger partial charge in [-0.3, -0.25) is 10.1 Å². The number of hydrogen-bond acceptors (Lipinski definition) is 5. The first-order chi connectivity index (χ1) is 11.5. The molecule has 1 amide bonds. The van der Waals surface area contributed by atoms with Crippen LogP contribution >= 0.6 is 23.2 Å². The third kappa shape index (κ3) is 3.67. The predicted octanol–water partition coefficient (Wildman–Crippen LogP) is 4.30. The van der Waals surface area contributed by atoms with Crippen molar-refractivity contribution in [3.8, 4) is 17.2 Å². The minimum atomic E-state index is -0.454. The summed E-state index contributed by atoms with van der Waals surface area (Å²) in [5, 5.41) is 10.9. The fraction of sp³-hybridized carbons (Fsp3) is 0.0625. The number of ether oxygens (including phenoxy) is 1. The van der Waals surface area contributed by atoms with E-state index < -0.39 is 5.91 Å². The number of carbonyl (C=O) groups is 1. The fourth-order valence-corrected chi connectivity index (χ4v) is 2.50. The average molecular weight is 364 g/mol. The zero-order valence-electron chi connectivity index (χ0n) is 12.4. The van der Waals surface area contributed by atoms with Crippen molar-refractivity contribution in [1.82, 2.24) is 10.2 Å². The van der Waals surface area contributed by atoms with Crippen molar-refractivity contribution in [2.75, 3.05) is 12.4 Å². The number of rotatable bonds is 4. The van der Waals surface area contributed by atoms with Crippen LogP contribution in [0.15, 0.2) is 46.9 Å². The largest absolute Gasteiger partial charge is 0.497 e. The molecule has 0 aliphatic heterocycles. The molecule has 1 heterocycles. The molecule has 8 heteroatoms. The van der Waals surface area contributed by atoms with Crippen LogP contribution in [0, 0.1) is 0 Å². The normalized spacial score (nSPS) is 10.5. The number of benzene rings is 2. The van der Waals surface area contributed by atoms with E-state index in [4.69, 9.17) is 32.4 Å². The Kier molecular flexibility index (Phi) is 4.69. The molecule has 0 aliphatic carbocycles. The van der Waals surface area contributed by atoms with Crippen LogP contribution in [0.1, 0.15) is 10.4 Å². The Hall–Kier alpha value is -2.57. The first-order valence-corrected chi connectivity index (χ1v) is 7.56. The van der Waals surface area contributed by atoms with E-state index >= 15 is 0 Å². The Morgan fingerprint density at radius 2 is 1.75 bits per heavy atom. The van der Waals surface area contributed by atoms with Crippen molar-refractivity contribution in [2.24, 2.45) is 0 Å². The van der Waals surface area contributed by atoms with Gasteiger partial charge in [0, 0.05) is 21.2 Å². The van der Waals surface area contributed by atoms with Crippen molar-refractivity contribution >= 4 is 35.1 Å². The topological polar surface area (TPSA) is 77.3 Å². The molecule has 6 nitrogen and oxygen atoms in total. The van der Waals surface area contributed by atoms with Gasteiger partial charge in [-0.1, -0.05) is 28.3 Å². The van der Waals surface area contributed by atoms with Crippen molar-refractivity contribution in [3.05, 3.63) is 58.1 Å². The fourth-order valence-electron chi connectivity index (χ4n) is 1.98. The Morgan fingerprint density at radius 1 is 1.08 bits per heavy atom. The number of anilines is 1. The highest BCUT2D eigenvalue weighted by molar-refractivity contribution is 6.35. The Morgan fingerprint density at radius 3 is 2.38 bits per heavy atom. The number of hydrogen-bond donors (Lipinski definition) is 1. The monoisotopic (exact) mass is 363 g/mol. The van der Waals surface area contributed by atoms with Gasteiger partial charge in [0.05, 0.1) is 7.11 Å². The number of nitrogens with one attached hydrogen (secondary N) is 1. The van der Waals surface area contributed by atoms with Gasteiger partial charge in [0.1, 0.15) is 5.75 Å². The summed E-state index contributed by atoms with van der Waals surface area (Å²) in [5.74, 6) is 0.533. The number of halogens is 2. The molecule has 1 N–H and O–H groups in total. The van der Waals surface area contributed by atoms with E-state index in [1.54, 1.807) is 31.4 Å². The minimum absolute atomic E-state index is 0.0260. The summed E-state index contributed by atoms with van der Waals surface area (Å²) in [6, 6.07) is 11.6. The lowest BCUT2D eigenvalue weighted by Crippen LogP contribution is -2.12. The van der Waals surface area contributed by atoms with Crippen LogP contribution in [0.2, 0.25) is 10.0 Å². The third-order valence-corrected chi connectivity index (χ3v) is 3.54. The number of aromatic nitrogens is 2. The van der Waals surface area contributed by atoms with Gasteiger partial charge < -0.3 is 9.15 Å². The smallest absolute Gasteiger partial charge is 0.322 e. The van der Waals surface area contributed by atoms with E-state index in [0.717, 1.165) is 0 Å². The first-order valence-electron chi connectivity index (χ1n) is 6.80. The molecule has 24 heavy (non-hydrogen) atoms. The van der Waals surface area contributed by atoms with Crippen molar-refractivity contribution in [3.63, 3.8) is 0 Å². The number of methoxy groups -OCH3 is 1. The second-order valence-electron chi connectivity index (χ2n) is 4.75. The summed E-state index contributed by atoms with van der Waals surface area (Å²) in [7, 11) is 1.58. The van der Waals surface area contributed by atoms with Gasteiger partial charge in [-0.25, -0.2) is 0 Å². The summed E-state index contributed by atoms with van der Waals surface area (Å²) >= 11 is 11.8. The molecule has 0 bridgehead atoms. The summed E-state index contributed by atoms with van der Waals surface area (Å²) in [5.41, 5.74) is 0.992. The Bertz CT molecular complexity index is 858. The van der Waals surface area contributed by atoms with Crippen LogP contribution in [0.5, 0.6) is 5.75 Å². The molecule has 122 valence electrons. The van der Waals surface area contributed by atoms with Crippen LogP contribution < -0.4 is 10.1 Å². The molecule has 0 saturated carbocycles. The van der Waals surface area contributed by atoms with Crippen LogP contribution in [-0.4, -0.2) is 23.2 Å². The minimum Gasteiger partial charge on any atom is -0.497 e. The van der Waals surface area contributed by atoms with Crippen molar-refractivity contribution in [1.29, 1.82) is 0 Å². The van der Waals surface area contributed by atoms with Crippen molar-refractivity contribution in [2.45, 2.75) is 0 Å². The quantitative estimate of drug-likeness (QED) is 0.747. The predicted molar refractivity (Wildman–Crippen MR) is 90.7 cm³/mol. The van der Waals surface area contributed by atoms with Gasteiger partial charge >= 0.3 is 6.01 Å². The second kappa shape index (κ2) is 6.90. The zero-order chi connectivity index (χ0) is 17.1. The number of nitrogens with zero attached hydrogens (tertiary/aromatic N) is 2. The van der Waals surface area contributed by atoms with Crippen LogP contribution in [0.4, 0.5) is 6.01 Å². The van der Waals surface area contributed by atoms with E-state index in [1.807, 2.05) is 0 Å². The highest BCUT2D eigenvalue weighted by Crippen LogP contribution is 2.23. The Labute approximate surface area is 147 Å². The van der Waals surface area contributed by atoms with Crippen LogP contribution in [0.25, 0.3) is 11.5 Å². The molecule has 0 spiro atoms. The summed E-state index contributed by atoms with van der Waals surface area (Å²) in [6.45, 7) is 0. The lowest BCUT2D eigenvalue weighted by Gasteiger charge is -2.02. The lowest BCUT2D eigenvalue weighted by molar-refractivity contribution is 0.102. The average Bonchev–Trinajstić information content (AvgIpc) is 3.02. The summed E-state index contributed by atoms with van der Waals surface area (Å²) < 4.78 is 10.5. The molecule has 0 saturated heterocycles. The number of amides is 1. The molecule has 0 fully saturated rings. The number of carbonyl (C=O) groups excluding carboxylic acids is 1. The molecule has 1 aromatic heterocycles. The van der Waals surface area contributed by atoms with Gasteiger partial charge in [0.25, 0.3) is 5.91 Å². The van der Waals surface area contributed by atoms with E-state index in [9.17, 15) is 4.79 Å². The van der Waals surface area contributed by atoms with Crippen LogP contribution in [0.3, 0.4) is 0 Å². The van der Waals surface area contributed by atoms with E-state index in [1.165, 1.54) is 18.2 Å². The van der Waals surface area contributed by atoms with Gasteiger partial charge in [-0.2, -0.15) is 0 Å². The molecular formula is C16H11Cl2N3O3. The summed E-state index contributed by atoms with van der Waals surface area (Å²) in [6.07, 6.45) is 0. The van der Waals surface area contributed by atoms with Crippen molar-refractivity contribution < 1.29 is 13.9 Å². The first kappa shape index (κ1) is 16.3. The summed E-state index contributed by atoms with van der Waals surface area (Å²) in [4.78, 5) is 12.2. The molecular weight excluding hydrogens is 353 g/mol. The van der Waals surface area contributed by atoms with E-state index in [2.05, 4.69) is 15.5 Å². The molecule has 0 radical (unpaired) electrons. The molecule has 3 rings (SSSR count). The van der Waals surface area contributed by atoms with Gasteiger partial charge in [0.15, 0.2) is 0 Å². The lowest BCUT2D eigenvalue weighted by atomic mass is 10.2. The highest BCUT2D eigenvalue weighted by Gasteiger charge is 2.14. The maximum Gasteiger partial charge on any atom is 0.322 e. The molecule has 0 aliphatic rings. The van der Waals surface area contributed by atoms with Gasteiger partial charge in [-0.05, 0) is 42.5 Å². The SMILES string of the molecule is COc1ccc(-c2nnc(NC(=O)c3cc(Cl)cc(Cl)c3)o2)cc1. The van der Waals surface area contributed by atoms with Crippen LogP contribution in [-0.2, 0) is 0 Å². The molecule has 0 unspecified atom stereocenters. The van der Waals surface area contributed by atoms with Gasteiger partial charge in [-0.15, -0.1) is 5.10 Å². The highest BCUT2D eigenvalue weighted by atomic mass is 35.5. The molecule has 3 aromatic rings. The van der Waals surface area contributed by atoms with Gasteiger partial charge in [0.2, 0.25) is 5.89 Å². The standard InChI is InChI=1S/C16H11Cl2N3O3/c1-23-13-4-2-9(3-5-13)15-20-21-16(24-15)19-14(22)10-6-11(17)8-12(18)7-10/h2-8H,1H3,(H,19,21,22).